The summed E-state index contributed by atoms with van der Waals surface area (Å²) in [5.41, 5.74) is 0.424. The van der Waals surface area contributed by atoms with Gasteiger partial charge in [-0.15, -0.1) is 6.58 Å². The minimum absolute atomic E-state index is 0.124. The molecule has 0 aromatic heterocycles. The van der Waals surface area contributed by atoms with Crippen LogP contribution in [-0.2, 0) is 0 Å². The van der Waals surface area contributed by atoms with E-state index < -0.39 is 11.6 Å². The fourth-order valence-corrected chi connectivity index (χ4v) is 1.94. The number of allylic oxidation sites excluding steroid dienone is 1. The van der Waals surface area contributed by atoms with Gasteiger partial charge < -0.3 is 5.32 Å². The maximum Gasteiger partial charge on any atom is 0.163 e. The van der Waals surface area contributed by atoms with Crippen molar-refractivity contribution in [2.75, 3.05) is 6.54 Å². The van der Waals surface area contributed by atoms with Gasteiger partial charge in [-0.05, 0) is 38.3 Å². The molecular weight excluding hydrogens is 232 g/mol. The lowest BCUT2D eigenvalue weighted by molar-refractivity contribution is 0.440. The van der Waals surface area contributed by atoms with Crippen molar-refractivity contribution in [3.05, 3.63) is 48.1 Å². The third-order valence-electron chi connectivity index (χ3n) is 2.90. The molecule has 0 aliphatic heterocycles. The van der Waals surface area contributed by atoms with E-state index in [0.717, 1.165) is 38.3 Å². The van der Waals surface area contributed by atoms with Gasteiger partial charge >= 0.3 is 0 Å². The lowest BCUT2D eigenvalue weighted by atomic mass is 10.00. The van der Waals surface area contributed by atoms with Crippen molar-refractivity contribution in [2.24, 2.45) is 0 Å². The van der Waals surface area contributed by atoms with Gasteiger partial charge in [0.05, 0.1) is 0 Å². The van der Waals surface area contributed by atoms with Crippen LogP contribution >= 0.6 is 0 Å². The van der Waals surface area contributed by atoms with Crippen molar-refractivity contribution in [3.8, 4) is 0 Å². The predicted octanol–water partition coefficient (Wildman–Crippen LogP) is 4.36. The topological polar surface area (TPSA) is 12.0 Å². The molecule has 0 aliphatic carbocycles. The Morgan fingerprint density at radius 2 is 2.17 bits per heavy atom. The molecule has 0 bridgehead atoms. The molecule has 0 spiro atoms. The standard InChI is InChI=1S/C15H21F2N/c1-3-5-6-10-14(18-11-4-2)12-8-7-9-13(16)15(12)17/h3,7-9,14,18H,1,4-6,10-11H2,2H3. The SMILES string of the molecule is C=CCCCC(NCCC)c1cccc(F)c1F. The average molecular weight is 253 g/mol. The molecule has 0 saturated carbocycles. The van der Waals surface area contributed by atoms with Crippen LogP contribution in [-0.4, -0.2) is 6.54 Å². The summed E-state index contributed by atoms with van der Waals surface area (Å²) in [6.07, 6.45) is 5.40. The summed E-state index contributed by atoms with van der Waals surface area (Å²) in [5, 5.41) is 3.27. The molecule has 3 heteroatoms. The van der Waals surface area contributed by atoms with Crippen molar-refractivity contribution in [3.63, 3.8) is 0 Å². The maximum atomic E-state index is 13.8. The number of hydrogen-bond donors (Lipinski definition) is 1. The molecule has 100 valence electrons. The van der Waals surface area contributed by atoms with Gasteiger partial charge in [0.2, 0.25) is 0 Å². The first-order chi connectivity index (χ1) is 8.70. The van der Waals surface area contributed by atoms with Crippen LogP contribution in [0.15, 0.2) is 30.9 Å². The van der Waals surface area contributed by atoms with E-state index >= 15 is 0 Å². The Labute approximate surface area is 108 Å². The first-order valence-electron chi connectivity index (χ1n) is 6.48. The fourth-order valence-electron chi connectivity index (χ4n) is 1.94. The van der Waals surface area contributed by atoms with E-state index in [0.29, 0.717) is 5.56 Å². The second kappa shape index (κ2) is 7.98. The Morgan fingerprint density at radius 3 is 2.83 bits per heavy atom. The van der Waals surface area contributed by atoms with Gasteiger partial charge in [-0.3, -0.25) is 0 Å². The van der Waals surface area contributed by atoms with Crippen LogP contribution in [0.2, 0.25) is 0 Å². The molecule has 1 N–H and O–H groups in total. The number of benzene rings is 1. The predicted molar refractivity (Wildman–Crippen MR) is 71.4 cm³/mol. The summed E-state index contributed by atoms with van der Waals surface area (Å²) in [4.78, 5) is 0. The highest BCUT2D eigenvalue weighted by molar-refractivity contribution is 5.22. The van der Waals surface area contributed by atoms with Gasteiger partial charge in [-0.25, -0.2) is 8.78 Å². The normalized spacial score (nSPS) is 12.4. The van der Waals surface area contributed by atoms with Gasteiger partial charge in [0.1, 0.15) is 0 Å². The lowest BCUT2D eigenvalue weighted by Crippen LogP contribution is -2.23. The number of halogens is 2. The van der Waals surface area contributed by atoms with Crippen molar-refractivity contribution < 1.29 is 8.78 Å². The Kier molecular flexibility index (Phi) is 6.58. The van der Waals surface area contributed by atoms with Crippen LogP contribution < -0.4 is 5.32 Å². The summed E-state index contributed by atoms with van der Waals surface area (Å²) in [6.45, 7) is 6.52. The second-order valence-electron chi connectivity index (χ2n) is 4.37. The molecule has 0 amide bonds. The molecule has 0 radical (unpaired) electrons. The number of hydrogen-bond acceptors (Lipinski definition) is 1. The van der Waals surface area contributed by atoms with E-state index in [1.54, 1.807) is 12.1 Å². The zero-order valence-electron chi connectivity index (χ0n) is 10.9. The van der Waals surface area contributed by atoms with Gasteiger partial charge in [-0.2, -0.15) is 0 Å². The molecule has 1 rings (SSSR count). The molecule has 0 aliphatic rings. The molecule has 1 aromatic carbocycles. The van der Waals surface area contributed by atoms with Gasteiger partial charge in [0.15, 0.2) is 11.6 Å². The minimum atomic E-state index is -0.778. The number of rotatable bonds is 8. The lowest BCUT2D eigenvalue weighted by Gasteiger charge is -2.19. The van der Waals surface area contributed by atoms with Crippen LogP contribution in [0.4, 0.5) is 8.78 Å². The Hall–Kier alpha value is -1.22. The number of nitrogens with one attached hydrogen (secondary N) is 1. The second-order valence-corrected chi connectivity index (χ2v) is 4.37. The van der Waals surface area contributed by atoms with Crippen LogP contribution in [0.1, 0.15) is 44.2 Å². The summed E-state index contributed by atoms with van der Waals surface area (Å²) < 4.78 is 27.0. The average Bonchev–Trinajstić information content (AvgIpc) is 2.37. The summed E-state index contributed by atoms with van der Waals surface area (Å²) in [7, 11) is 0. The van der Waals surface area contributed by atoms with Crippen LogP contribution in [0.25, 0.3) is 0 Å². The fraction of sp³-hybridized carbons (Fsp3) is 0.467. The molecule has 0 heterocycles. The Morgan fingerprint density at radius 1 is 1.39 bits per heavy atom. The van der Waals surface area contributed by atoms with Gasteiger partial charge in [-0.1, -0.05) is 25.1 Å². The summed E-state index contributed by atoms with van der Waals surface area (Å²) in [6, 6.07) is 4.24. The van der Waals surface area contributed by atoms with Crippen molar-refractivity contribution in [2.45, 2.75) is 38.6 Å². The first kappa shape index (κ1) is 14.8. The third-order valence-corrected chi connectivity index (χ3v) is 2.90. The van der Waals surface area contributed by atoms with Crippen molar-refractivity contribution in [1.82, 2.24) is 5.32 Å². The van der Waals surface area contributed by atoms with Crippen LogP contribution in [0.5, 0.6) is 0 Å². The highest BCUT2D eigenvalue weighted by atomic mass is 19.2. The zero-order chi connectivity index (χ0) is 13.4. The van der Waals surface area contributed by atoms with E-state index in [1.807, 2.05) is 6.08 Å². The Balaban J connectivity index is 2.79. The van der Waals surface area contributed by atoms with E-state index in [1.165, 1.54) is 0 Å². The third kappa shape index (κ3) is 4.22. The molecule has 0 saturated heterocycles. The first-order valence-corrected chi connectivity index (χ1v) is 6.48. The van der Waals surface area contributed by atoms with Crippen molar-refractivity contribution in [1.29, 1.82) is 0 Å². The van der Waals surface area contributed by atoms with E-state index in [4.69, 9.17) is 0 Å². The molecule has 0 fully saturated rings. The smallest absolute Gasteiger partial charge is 0.163 e. The van der Waals surface area contributed by atoms with Crippen LogP contribution in [0, 0.1) is 11.6 Å². The largest absolute Gasteiger partial charge is 0.310 e. The van der Waals surface area contributed by atoms with Gasteiger partial charge in [0, 0.05) is 11.6 Å². The monoisotopic (exact) mass is 253 g/mol. The van der Waals surface area contributed by atoms with E-state index in [2.05, 4.69) is 18.8 Å². The quantitative estimate of drug-likeness (QED) is 0.536. The van der Waals surface area contributed by atoms with Crippen molar-refractivity contribution >= 4 is 0 Å². The Bertz CT molecular complexity index is 377. The van der Waals surface area contributed by atoms with Crippen LogP contribution in [0.3, 0.4) is 0 Å². The summed E-state index contributed by atoms with van der Waals surface area (Å²) >= 11 is 0. The summed E-state index contributed by atoms with van der Waals surface area (Å²) in [5.74, 6) is -1.51. The molecule has 1 nitrogen and oxygen atoms in total. The molecule has 18 heavy (non-hydrogen) atoms. The maximum absolute atomic E-state index is 13.8. The number of unbranched alkanes of at least 4 members (excludes halogenated alkanes) is 1. The highest BCUT2D eigenvalue weighted by Crippen LogP contribution is 2.23. The zero-order valence-corrected chi connectivity index (χ0v) is 10.9. The molecular formula is C15H21F2N. The van der Waals surface area contributed by atoms with E-state index in [9.17, 15) is 8.78 Å². The molecule has 1 unspecified atom stereocenters. The highest BCUT2D eigenvalue weighted by Gasteiger charge is 2.16. The molecule has 1 aromatic rings. The minimum Gasteiger partial charge on any atom is -0.310 e. The van der Waals surface area contributed by atoms with E-state index in [-0.39, 0.29) is 6.04 Å². The molecule has 1 atom stereocenters. The van der Waals surface area contributed by atoms with Gasteiger partial charge in [0.25, 0.3) is 0 Å².